The molecule has 0 bridgehead atoms. The molecule has 0 nitrogen and oxygen atoms in total. The minimum atomic E-state index is -0.346. The normalized spacial score (nSPS) is 8.30. The third kappa shape index (κ3) is 6.54. The van der Waals surface area contributed by atoms with Crippen LogP contribution >= 0.6 is 19.4 Å². The Morgan fingerprint density at radius 2 is 1.70 bits per heavy atom. The summed E-state index contributed by atoms with van der Waals surface area (Å²) in [6.45, 7) is 2.06. The molecule has 0 saturated carbocycles. The fourth-order valence-corrected chi connectivity index (χ4v) is 0.470. The van der Waals surface area contributed by atoms with E-state index in [1.54, 1.807) is 0 Å². The molecule has 0 atom stereocenters. The predicted molar refractivity (Wildman–Crippen MR) is 41.7 cm³/mol. The van der Waals surface area contributed by atoms with Crippen molar-refractivity contribution in [1.82, 2.24) is 0 Å². The molecule has 10 heavy (non-hydrogen) atoms. The summed E-state index contributed by atoms with van der Waals surface area (Å²) in [6, 6.07) is 10.8. The number of aryl methyl sites for hydroxylation is 1. The van der Waals surface area contributed by atoms with Crippen molar-refractivity contribution in [3.8, 4) is 0 Å². The maximum absolute atomic E-state index is 4.85. The van der Waals surface area contributed by atoms with Gasteiger partial charge in [0.25, 0.3) is 0 Å². The Bertz CT molecular complexity index is 153. The van der Waals surface area contributed by atoms with E-state index in [0.29, 0.717) is 0 Å². The van der Waals surface area contributed by atoms with Crippen molar-refractivity contribution in [1.29, 1.82) is 0 Å². The van der Waals surface area contributed by atoms with Crippen molar-refractivity contribution in [2.24, 2.45) is 0 Å². The van der Waals surface area contributed by atoms with E-state index in [9.17, 15) is 0 Å². The summed E-state index contributed by atoms with van der Waals surface area (Å²) >= 11 is -0.346. The summed E-state index contributed by atoms with van der Waals surface area (Å²) in [6.07, 6.45) is 0. The molecule has 1 rings (SSSR count). The fraction of sp³-hybridized carbons (Fsp3) is 0.143. The van der Waals surface area contributed by atoms with E-state index in [1.165, 1.54) is 5.56 Å². The van der Waals surface area contributed by atoms with Gasteiger partial charge in [-0.1, -0.05) is 6.92 Å². The SMILES string of the molecule is Cc1cc[c-]cc1.[Cl][Ru][Cl]. The summed E-state index contributed by atoms with van der Waals surface area (Å²) in [5.74, 6) is 0. The Labute approximate surface area is 77.2 Å². The molecule has 0 spiro atoms. The van der Waals surface area contributed by atoms with Gasteiger partial charge in [0.15, 0.2) is 0 Å². The van der Waals surface area contributed by atoms with E-state index >= 15 is 0 Å². The number of benzene rings is 1. The van der Waals surface area contributed by atoms with Crippen LogP contribution in [0.5, 0.6) is 0 Å². The van der Waals surface area contributed by atoms with Crippen molar-refractivity contribution < 1.29 is 15.1 Å². The summed E-state index contributed by atoms with van der Waals surface area (Å²) in [5, 5.41) is 0. The van der Waals surface area contributed by atoms with Gasteiger partial charge in [0.05, 0.1) is 0 Å². The first kappa shape index (κ1) is 10.4. The van der Waals surface area contributed by atoms with Crippen LogP contribution in [0.2, 0.25) is 0 Å². The maximum atomic E-state index is 4.85. The van der Waals surface area contributed by atoms with Crippen LogP contribution in [0.4, 0.5) is 0 Å². The first-order valence-corrected chi connectivity index (χ1v) is 7.06. The van der Waals surface area contributed by atoms with Crippen LogP contribution in [0, 0.1) is 13.0 Å². The van der Waals surface area contributed by atoms with Crippen LogP contribution in [-0.2, 0) is 15.1 Å². The molecule has 1 aromatic rings. The molecular weight excluding hydrogens is 256 g/mol. The zero-order valence-corrected chi connectivity index (χ0v) is 8.67. The van der Waals surface area contributed by atoms with Crippen LogP contribution in [0.15, 0.2) is 24.3 Å². The molecule has 3 heteroatoms. The van der Waals surface area contributed by atoms with Crippen LogP contribution in [0.25, 0.3) is 0 Å². The zero-order chi connectivity index (χ0) is 7.82. The second-order valence-electron chi connectivity index (χ2n) is 1.63. The third-order valence-corrected chi connectivity index (χ3v) is 0.885. The van der Waals surface area contributed by atoms with Crippen molar-refractivity contribution >= 4 is 19.4 Å². The van der Waals surface area contributed by atoms with E-state index in [4.69, 9.17) is 19.4 Å². The molecule has 0 aliphatic heterocycles. The molecule has 0 aromatic heterocycles. The molecule has 0 saturated heterocycles. The van der Waals surface area contributed by atoms with Crippen molar-refractivity contribution in [3.05, 3.63) is 35.9 Å². The molecule has 1 aromatic carbocycles. The summed E-state index contributed by atoms with van der Waals surface area (Å²) < 4.78 is 0. The van der Waals surface area contributed by atoms with Crippen LogP contribution in [-0.4, -0.2) is 0 Å². The quantitative estimate of drug-likeness (QED) is 0.498. The van der Waals surface area contributed by atoms with Gasteiger partial charge in [0.1, 0.15) is 0 Å². The van der Waals surface area contributed by atoms with Gasteiger partial charge in [0.2, 0.25) is 0 Å². The van der Waals surface area contributed by atoms with Gasteiger partial charge in [-0.3, -0.25) is 0 Å². The molecule has 0 aliphatic rings. The molecule has 0 amide bonds. The molecule has 0 aliphatic carbocycles. The van der Waals surface area contributed by atoms with Gasteiger partial charge in [-0.15, -0.1) is 0 Å². The van der Waals surface area contributed by atoms with Crippen molar-refractivity contribution in [3.63, 3.8) is 0 Å². The zero-order valence-electron chi connectivity index (χ0n) is 5.42. The van der Waals surface area contributed by atoms with E-state index < -0.39 is 0 Å². The van der Waals surface area contributed by atoms with Gasteiger partial charge in [-0.05, 0) is 0 Å². The first-order chi connectivity index (χ1) is 4.81. The van der Waals surface area contributed by atoms with Crippen molar-refractivity contribution in [2.75, 3.05) is 0 Å². The van der Waals surface area contributed by atoms with Crippen LogP contribution < -0.4 is 0 Å². The fourth-order valence-electron chi connectivity index (χ4n) is 0.470. The van der Waals surface area contributed by atoms with Crippen LogP contribution in [0.1, 0.15) is 5.56 Å². The summed E-state index contributed by atoms with van der Waals surface area (Å²) in [7, 11) is 9.71. The Balaban J connectivity index is 0.000000236. The Morgan fingerprint density at radius 1 is 1.30 bits per heavy atom. The molecule has 58 valence electrons. The average molecular weight is 263 g/mol. The molecule has 0 radical (unpaired) electrons. The molecule has 0 fully saturated rings. The molecule has 0 unspecified atom stereocenters. The standard InChI is InChI=1S/C7H7.2ClH.Ru/c1-7-5-3-2-4-6-7;;;/h3-6H,1H3;2*1H;/q-1;;;+2/p-2. The van der Waals surface area contributed by atoms with Gasteiger partial charge in [-0.2, -0.15) is 35.9 Å². The second kappa shape index (κ2) is 7.53. The number of halogens is 2. The predicted octanol–water partition coefficient (Wildman–Crippen LogP) is 3.17. The summed E-state index contributed by atoms with van der Waals surface area (Å²) in [4.78, 5) is 0. The van der Waals surface area contributed by atoms with E-state index in [1.807, 2.05) is 24.3 Å². The van der Waals surface area contributed by atoms with Gasteiger partial charge < -0.3 is 0 Å². The number of hydrogen-bond acceptors (Lipinski definition) is 0. The molecular formula is C7H7Cl2Ru-. The summed E-state index contributed by atoms with van der Waals surface area (Å²) in [5.41, 5.74) is 1.29. The second-order valence-corrected chi connectivity index (χ2v) is 4.27. The topological polar surface area (TPSA) is 0 Å². The first-order valence-electron chi connectivity index (χ1n) is 2.59. The van der Waals surface area contributed by atoms with E-state index in [0.717, 1.165) is 0 Å². The van der Waals surface area contributed by atoms with Gasteiger partial charge in [-0.25, -0.2) is 0 Å². The van der Waals surface area contributed by atoms with Gasteiger partial charge >= 0.3 is 34.5 Å². The van der Waals surface area contributed by atoms with Crippen molar-refractivity contribution in [2.45, 2.75) is 6.92 Å². The monoisotopic (exact) mass is 263 g/mol. The number of rotatable bonds is 0. The van der Waals surface area contributed by atoms with Crippen LogP contribution in [0.3, 0.4) is 0 Å². The Morgan fingerprint density at radius 3 is 1.90 bits per heavy atom. The minimum absolute atomic E-state index is 0.346. The molecule has 0 heterocycles. The third-order valence-electron chi connectivity index (χ3n) is 0.885. The number of hydrogen-bond donors (Lipinski definition) is 0. The Hall–Kier alpha value is 0.423. The van der Waals surface area contributed by atoms with E-state index in [2.05, 4.69) is 13.0 Å². The average Bonchev–Trinajstić information content (AvgIpc) is 1.91. The molecule has 0 N–H and O–H groups in total. The van der Waals surface area contributed by atoms with Gasteiger partial charge in [0, 0.05) is 0 Å². The Kier molecular flexibility index (Phi) is 7.85. The van der Waals surface area contributed by atoms with E-state index in [-0.39, 0.29) is 15.1 Å².